The van der Waals surface area contributed by atoms with Crippen molar-refractivity contribution >= 4 is 34.3 Å². The van der Waals surface area contributed by atoms with Gasteiger partial charge in [-0.25, -0.2) is 14.8 Å². The van der Waals surface area contributed by atoms with Crippen LogP contribution in [0.4, 0.5) is 18.3 Å². The van der Waals surface area contributed by atoms with Gasteiger partial charge < -0.3 is 10.8 Å². The van der Waals surface area contributed by atoms with Crippen molar-refractivity contribution in [2.24, 2.45) is 10.7 Å². The molecule has 3 aromatic rings. The maximum atomic E-state index is 12.8. The molecule has 1 aromatic heterocycles. The number of nitrogens with two attached hydrogens (primary N) is 1. The Labute approximate surface area is 174 Å². The van der Waals surface area contributed by atoms with Crippen LogP contribution >= 0.6 is 11.3 Å². The largest absolute Gasteiger partial charge is 0.476 e. The first kappa shape index (κ1) is 21.3. The standard InChI is InChI=1S/C21H16F3N3O2S/c22-21(23,24)16-8-6-13(7-9-16)10-15(18(25)14-4-2-1-3-5-14)11-26-20-27-17(12-30-20)19(28)29/h1-9,11-12H,10,25H2,(H,28,29). The zero-order chi connectivity index (χ0) is 21.7. The monoisotopic (exact) mass is 431 g/mol. The highest BCUT2D eigenvalue weighted by Gasteiger charge is 2.29. The van der Waals surface area contributed by atoms with Crippen LogP contribution in [-0.4, -0.2) is 22.3 Å². The lowest BCUT2D eigenvalue weighted by Gasteiger charge is -2.10. The highest BCUT2D eigenvalue weighted by molar-refractivity contribution is 7.13. The van der Waals surface area contributed by atoms with Crippen LogP contribution in [0.15, 0.2) is 70.5 Å². The first-order valence-corrected chi connectivity index (χ1v) is 9.55. The number of carbonyl (C=O) groups is 1. The Bertz CT molecular complexity index is 1090. The second kappa shape index (κ2) is 8.91. The molecule has 0 saturated carbocycles. The smallest absolute Gasteiger partial charge is 0.416 e. The maximum Gasteiger partial charge on any atom is 0.416 e. The Morgan fingerprint density at radius 3 is 2.37 bits per heavy atom. The summed E-state index contributed by atoms with van der Waals surface area (Å²) in [6, 6.07) is 13.9. The van der Waals surface area contributed by atoms with Crippen molar-refractivity contribution in [1.82, 2.24) is 4.98 Å². The lowest BCUT2D eigenvalue weighted by molar-refractivity contribution is -0.137. The van der Waals surface area contributed by atoms with Gasteiger partial charge in [0.2, 0.25) is 5.13 Å². The summed E-state index contributed by atoms with van der Waals surface area (Å²) in [4.78, 5) is 19.1. The van der Waals surface area contributed by atoms with E-state index in [-0.39, 0.29) is 17.2 Å². The topological polar surface area (TPSA) is 88.6 Å². The molecule has 0 aliphatic rings. The van der Waals surface area contributed by atoms with Crippen LogP contribution in [0, 0.1) is 0 Å². The molecule has 3 N–H and O–H groups in total. The summed E-state index contributed by atoms with van der Waals surface area (Å²) in [5, 5.41) is 10.6. The number of rotatable bonds is 6. The van der Waals surface area contributed by atoms with Crippen LogP contribution in [0.2, 0.25) is 0 Å². The lowest BCUT2D eigenvalue weighted by atomic mass is 9.99. The average molecular weight is 431 g/mol. The normalized spacial score (nSPS) is 12.8. The van der Waals surface area contributed by atoms with E-state index in [2.05, 4.69) is 9.98 Å². The van der Waals surface area contributed by atoms with Gasteiger partial charge in [0.1, 0.15) is 0 Å². The highest BCUT2D eigenvalue weighted by atomic mass is 32.1. The molecule has 0 radical (unpaired) electrons. The summed E-state index contributed by atoms with van der Waals surface area (Å²) in [6.45, 7) is 0. The van der Waals surface area contributed by atoms with Crippen LogP contribution in [0.5, 0.6) is 0 Å². The summed E-state index contributed by atoms with van der Waals surface area (Å²) in [5.74, 6) is -1.16. The van der Waals surface area contributed by atoms with Crippen LogP contribution in [0.25, 0.3) is 5.70 Å². The quantitative estimate of drug-likeness (QED) is 0.527. The van der Waals surface area contributed by atoms with E-state index in [4.69, 9.17) is 10.8 Å². The van der Waals surface area contributed by atoms with E-state index in [1.54, 1.807) is 0 Å². The Hall–Kier alpha value is -3.46. The van der Waals surface area contributed by atoms with Gasteiger partial charge in [-0.15, -0.1) is 11.3 Å². The van der Waals surface area contributed by atoms with Crippen molar-refractivity contribution in [1.29, 1.82) is 0 Å². The first-order valence-electron chi connectivity index (χ1n) is 8.67. The van der Waals surface area contributed by atoms with Gasteiger partial charge in [-0.1, -0.05) is 42.5 Å². The molecular formula is C21H16F3N3O2S. The van der Waals surface area contributed by atoms with Crippen molar-refractivity contribution in [3.05, 3.63) is 87.9 Å². The second-order valence-corrected chi connectivity index (χ2v) is 7.09. The van der Waals surface area contributed by atoms with E-state index in [0.29, 0.717) is 16.8 Å². The van der Waals surface area contributed by atoms with Gasteiger partial charge in [-0.05, 0) is 28.8 Å². The molecule has 154 valence electrons. The summed E-state index contributed by atoms with van der Waals surface area (Å²) in [5.41, 5.74) is 7.78. The summed E-state index contributed by atoms with van der Waals surface area (Å²) in [6.07, 6.45) is -2.71. The molecule has 0 amide bonds. The minimum Gasteiger partial charge on any atom is -0.476 e. The molecule has 0 spiro atoms. The molecule has 5 nitrogen and oxygen atoms in total. The summed E-state index contributed by atoms with van der Waals surface area (Å²) in [7, 11) is 0. The molecule has 3 rings (SSSR count). The molecular weight excluding hydrogens is 415 g/mol. The minimum atomic E-state index is -4.41. The molecule has 0 saturated heterocycles. The highest BCUT2D eigenvalue weighted by Crippen LogP contribution is 2.29. The number of allylic oxidation sites excluding steroid dienone is 1. The Balaban J connectivity index is 1.93. The van der Waals surface area contributed by atoms with Crippen molar-refractivity contribution in [2.75, 3.05) is 0 Å². The third kappa shape index (κ3) is 5.32. The van der Waals surface area contributed by atoms with E-state index in [9.17, 15) is 18.0 Å². The first-order chi connectivity index (χ1) is 14.2. The summed E-state index contributed by atoms with van der Waals surface area (Å²) < 4.78 is 38.4. The second-order valence-electron chi connectivity index (χ2n) is 6.26. The number of nitrogens with zero attached hydrogens (tertiary/aromatic N) is 2. The number of halogens is 3. The van der Waals surface area contributed by atoms with Gasteiger partial charge in [0.05, 0.1) is 5.56 Å². The third-order valence-electron chi connectivity index (χ3n) is 4.15. The number of carboxylic acid groups (broad SMARTS) is 1. The average Bonchev–Trinajstić information content (AvgIpc) is 3.20. The molecule has 0 aliphatic carbocycles. The molecule has 0 aliphatic heterocycles. The molecule has 0 atom stereocenters. The molecule has 30 heavy (non-hydrogen) atoms. The Morgan fingerprint density at radius 2 is 1.80 bits per heavy atom. The Kier molecular flexibility index (Phi) is 6.31. The van der Waals surface area contributed by atoms with E-state index in [1.165, 1.54) is 23.7 Å². The van der Waals surface area contributed by atoms with Crippen molar-refractivity contribution in [3.8, 4) is 0 Å². The number of aromatic carboxylic acids is 1. The van der Waals surface area contributed by atoms with Gasteiger partial charge in [-0.2, -0.15) is 13.2 Å². The Morgan fingerprint density at radius 1 is 1.13 bits per heavy atom. The number of thiazole rings is 1. The lowest BCUT2D eigenvalue weighted by Crippen LogP contribution is -2.07. The molecule has 1 heterocycles. The zero-order valence-electron chi connectivity index (χ0n) is 15.4. The van der Waals surface area contributed by atoms with E-state index in [1.807, 2.05) is 30.3 Å². The van der Waals surface area contributed by atoms with Gasteiger partial charge in [0.15, 0.2) is 5.69 Å². The van der Waals surface area contributed by atoms with Crippen LogP contribution in [0.1, 0.15) is 27.2 Å². The van der Waals surface area contributed by atoms with Gasteiger partial charge in [0.25, 0.3) is 0 Å². The fourth-order valence-electron chi connectivity index (χ4n) is 2.60. The van der Waals surface area contributed by atoms with Crippen LogP contribution in [0.3, 0.4) is 0 Å². The van der Waals surface area contributed by atoms with E-state index >= 15 is 0 Å². The number of benzene rings is 2. The number of hydrogen-bond acceptors (Lipinski definition) is 5. The van der Waals surface area contributed by atoms with Crippen molar-refractivity contribution in [3.63, 3.8) is 0 Å². The van der Waals surface area contributed by atoms with Crippen molar-refractivity contribution in [2.45, 2.75) is 12.6 Å². The predicted octanol–water partition coefficient (Wildman–Crippen LogP) is 5.18. The van der Waals surface area contributed by atoms with Gasteiger partial charge in [0, 0.05) is 23.7 Å². The number of hydrogen-bond donors (Lipinski definition) is 2. The SMILES string of the molecule is NC(=C(C=Nc1nc(C(=O)O)cs1)Cc1ccc(C(F)(F)F)cc1)c1ccccc1. The van der Waals surface area contributed by atoms with Crippen LogP contribution < -0.4 is 5.73 Å². The fraction of sp³-hybridized carbons (Fsp3) is 0.0952. The number of aromatic nitrogens is 1. The molecule has 0 bridgehead atoms. The molecule has 0 fully saturated rings. The number of aliphatic imine (C=N–C) groups is 1. The number of carboxylic acids is 1. The van der Waals surface area contributed by atoms with Gasteiger partial charge in [-0.3, -0.25) is 0 Å². The van der Waals surface area contributed by atoms with E-state index in [0.717, 1.165) is 29.0 Å². The summed E-state index contributed by atoms with van der Waals surface area (Å²) >= 11 is 1.06. The fourth-order valence-corrected chi connectivity index (χ4v) is 3.24. The predicted molar refractivity (Wildman–Crippen MR) is 110 cm³/mol. The van der Waals surface area contributed by atoms with Crippen LogP contribution in [-0.2, 0) is 12.6 Å². The van der Waals surface area contributed by atoms with Gasteiger partial charge >= 0.3 is 12.1 Å². The number of alkyl halides is 3. The third-order valence-corrected chi connectivity index (χ3v) is 4.90. The molecule has 0 unspecified atom stereocenters. The maximum absolute atomic E-state index is 12.8. The molecule has 9 heteroatoms. The van der Waals surface area contributed by atoms with E-state index < -0.39 is 17.7 Å². The minimum absolute atomic E-state index is 0.114. The zero-order valence-corrected chi connectivity index (χ0v) is 16.2. The molecule has 2 aromatic carbocycles. The van der Waals surface area contributed by atoms with Crippen molar-refractivity contribution < 1.29 is 23.1 Å².